The predicted molar refractivity (Wildman–Crippen MR) is 83.6 cm³/mol. The van der Waals surface area contributed by atoms with Crippen molar-refractivity contribution in [2.45, 2.75) is 13.3 Å². The van der Waals surface area contributed by atoms with Crippen LogP contribution in [0.3, 0.4) is 0 Å². The second-order valence-electron chi connectivity index (χ2n) is 4.68. The highest BCUT2D eigenvalue weighted by atomic mass is 35.5. The molecule has 0 atom stereocenters. The summed E-state index contributed by atoms with van der Waals surface area (Å²) < 4.78 is 13.2. The zero-order valence-electron chi connectivity index (χ0n) is 11.4. The van der Waals surface area contributed by atoms with E-state index in [4.69, 9.17) is 11.6 Å². The Morgan fingerprint density at radius 1 is 1.14 bits per heavy atom. The maximum atomic E-state index is 13.2. The number of hydrogen-bond donors (Lipinski definition) is 1. The van der Waals surface area contributed by atoms with Gasteiger partial charge in [-0.05, 0) is 42.3 Å². The number of nitrogens with zero attached hydrogens (tertiary/aromatic N) is 2. The molecule has 0 fully saturated rings. The van der Waals surface area contributed by atoms with E-state index >= 15 is 0 Å². The van der Waals surface area contributed by atoms with E-state index in [0.717, 1.165) is 17.3 Å². The van der Waals surface area contributed by atoms with Crippen LogP contribution in [-0.4, -0.2) is 9.97 Å². The Morgan fingerprint density at radius 2 is 2.00 bits per heavy atom. The Hall–Kier alpha value is -2.20. The fourth-order valence-corrected chi connectivity index (χ4v) is 2.31. The van der Waals surface area contributed by atoms with E-state index in [0.29, 0.717) is 11.5 Å². The summed E-state index contributed by atoms with van der Waals surface area (Å²) >= 11 is 5.79. The molecule has 0 saturated carbocycles. The van der Waals surface area contributed by atoms with E-state index < -0.39 is 5.82 Å². The Balaban J connectivity index is 2.02. The molecule has 21 heavy (non-hydrogen) atoms. The molecule has 0 aliphatic carbocycles. The number of anilines is 2. The molecule has 3 nitrogen and oxygen atoms in total. The van der Waals surface area contributed by atoms with Gasteiger partial charge in [-0.15, -0.1) is 0 Å². The molecule has 0 bridgehead atoms. The van der Waals surface area contributed by atoms with Gasteiger partial charge < -0.3 is 5.32 Å². The minimum atomic E-state index is -0.442. The molecule has 0 aliphatic rings. The van der Waals surface area contributed by atoms with Gasteiger partial charge >= 0.3 is 0 Å². The van der Waals surface area contributed by atoms with Crippen molar-refractivity contribution < 1.29 is 4.39 Å². The lowest BCUT2D eigenvalue weighted by molar-refractivity contribution is 0.628. The van der Waals surface area contributed by atoms with E-state index in [1.165, 1.54) is 24.0 Å². The van der Waals surface area contributed by atoms with Crippen LogP contribution >= 0.6 is 11.6 Å². The number of rotatable bonds is 3. The lowest BCUT2D eigenvalue weighted by atomic mass is 10.1. The Morgan fingerprint density at radius 3 is 2.76 bits per heavy atom. The van der Waals surface area contributed by atoms with Gasteiger partial charge in [-0.1, -0.05) is 24.6 Å². The highest BCUT2D eigenvalue weighted by Crippen LogP contribution is 2.26. The van der Waals surface area contributed by atoms with Crippen LogP contribution in [0.5, 0.6) is 0 Å². The SMILES string of the molecule is CCc1ccc2c(Nc3ccc(F)c(Cl)c3)ncnc2c1. The third kappa shape index (κ3) is 2.81. The van der Waals surface area contributed by atoms with Crippen LogP contribution in [0.4, 0.5) is 15.9 Å². The van der Waals surface area contributed by atoms with Crippen molar-refractivity contribution in [1.29, 1.82) is 0 Å². The first-order chi connectivity index (χ1) is 10.2. The van der Waals surface area contributed by atoms with Crippen LogP contribution in [0.1, 0.15) is 12.5 Å². The van der Waals surface area contributed by atoms with Crippen molar-refractivity contribution in [2.24, 2.45) is 0 Å². The summed E-state index contributed by atoms with van der Waals surface area (Å²) in [5.74, 6) is 0.229. The molecule has 3 rings (SSSR count). The van der Waals surface area contributed by atoms with Crippen LogP contribution in [0.25, 0.3) is 10.9 Å². The lowest BCUT2D eigenvalue weighted by Crippen LogP contribution is -1.97. The molecule has 2 aromatic carbocycles. The van der Waals surface area contributed by atoms with Crippen LogP contribution in [0.2, 0.25) is 5.02 Å². The molecule has 0 spiro atoms. The second kappa shape index (κ2) is 5.66. The molecule has 0 saturated heterocycles. The Labute approximate surface area is 126 Å². The zero-order chi connectivity index (χ0) is 14.8. The number of hydrogen-bond acceptors (Lipinski definition) is 3. The molecule has 0 radical (unpaired) electrons. The van der Waals surface area contributed by atoms with Crippen molar-refractivity contribution in [2.75, 3.05) is 5.32 Å². The molecule has 1 N–H and O–H groups in total. The van der Waals surface area contributed by atoms with Gasteiger partial charge in [-0.2, -0.15) is 0 Å². The number of halogens is 2. The first-order valence-electron chi connectivity index (χ1n) is 6.63. The third-order valence-electron chi connectivity index (χ3n) is 3.29. The standard InChI is InChI=1S/C16H13ClFN3/c1-2-10-3-5-12-15(7-10)19-9-20-16(12)21-11-4-6-14(18)13(17)8-11/h3-9H,2H2,1H3,(H,19,20,21). The molecule has 0 aliphatic heterocycles. The summed E-state index contributed by atoms with van der Waals surface area (Å²) in [6.45, 7) is 2.10. The average molecular weight is 302 g/mol. The Bertz CT molecular complexity index is 805. The van der Waals surface area contributed by atoms with Gasteiger partial charge in [0.1, 0.15) is 18.0 Å². The predicted octanol–water partition coefficient (Wildman–Crippen LogP) is 4.73. The highest BCUT2D eigenvalue weighted by Gasteiger charge is 2.06. The number of benzene rings is 2. The van der Waals surface area contributed by atoms with E-state index in [1.54, 1.807) is 6.07 Å². The van der Waals surface area contributed by atoms with Crippen molar-refractivity contribution >= 4 is 34.0 Å². The van der Waals surface area contributed by atoms with Crippen LogP contribution in [-0.2, 0) is 6.42 Å². The summed E-state index contributed by atoms with van der Waals surface area (Å²) in [6.07, 6.45) is 2.46. The van der Waals surface area contributed by atoms with Gasteiger partial charge in [0.2, 0.25) is 0 Å². The van der Waals surface area contributed by atoms with E-state index in [9.17, 15) is 4.39 Å². The highest BCUT2D eigenvalue weighted by molar-refractivity contribution is 6.31. The van der Waals surface area contributed by atoms with Crippen molar-refractivity contribution in [3.05, 3.63) is 59.1 Å². The molecule has 0 amide bonds. The summed E-state index contributed by atoms with van der Waals surface area (Å²) in [4.78, 5) is 8.54. The molecule has 1 aromatic heterocycles. The molecular weight excluding hydrogens is 289 g/mol. The van der Waals surface area contributed by atoms with Gasteiger partial charge in [0.15, 0.2) is 0 Å². The summed E-state index contributed by atoms with van der Waals surface area (Å²) in [7, 11) is 0. The first kappa shape index (κ1) is 13.8. The van der Waals surface area contributed by atoms with E-state index in [2.05, 4.69) is 28.3 Å². The summed E-state index contributed by atoms with van der Waals surface area (Å²) in [5.41, 5.74) is 2.78. The third-order valence-corrected chi connectivity index (χ3v) is 3.58. The van der Waals surface area contributed by atoms with Crippen LogP contribution < -0.4 is 5.32 Å². The van der Waals surface area contributed by atoms with Gasteiger partial charge in [-0.3, -0.25) is 0 Å². The van der Waals surface area contributed by atoms with Crippen LogP contribution in [0.15, 0.2) is 42.7 Å². The van der Waals surface area contributed by atoms with Gasteiger partial charge in [-0.25, -0.2) is 14.4 Å². The van der Waals surface area contributed by atoms with Gasteiger partial charge in [0.05, 0.1) is 10.5 Å². The van der Waals surface area contributed by atoms with Crippen molar-refractivity contribution in [1.82, 2.24) is 9.97 Å². The average Bonchev–Trinajstić information content (AvgIpc) is 2.50. The number of aryl methyl sites for hydroxylation is 1. The normalized spacial score (nSPS) is 10.8. The minimum Gasteiger partial charge on any atom is -0.340 e. The molecule has 3 aromatic rings. The molecule has 0 unspecified atom stereocenters. The smallest absolute Gasteiger partial charge is 0.141 e. The van der Waals surface area contributed by atoms with E-state index in [-0.39, 0.29) is 5.02 Å². The summed E-state index contributed by atoms with van der Waals surface area (Å²) in [6, 6.07) is 10.6. The molecular formula is C16H13ClFN3. The largest absolute Gasteiger partial charge is 0.340 e. The number of nitrogens with one attached hydrogen (secondary N) is 1. The molecule has 5 heteroatoms. The lowest BCUT2D eigenvalue weighted by Gasteiger charge is -2.09. The molecule has 1 heterocycles. The van der Waals surface area contributed by atoms with E-state index in [1.807, 2.05) is 12.1 Å². The van der Waals surface area contributed by atoms with Crippen molar-refractivity contribution in [3.8, 4) is 0 Å². The fraction of sp³-hybridized carbons (Fsp3) is 0.125. The van der Waals surface area contributed by atoms with Crippen molar-refractivity contribution in [3.63, 3.8) is 0 Å². The number of aromatic nitrogens is 2. The van der Waals surface area contributed by atoms with Gasteiger partial charge in [0.25, 0.3) is 0 Å². The van der Waals surface area contributed by atoms with Crippen LogP contribution in [0, 0.1) is 5.82 Å². The van der Waals surface area contributed by atoms with Gasteiger partial charge in [0, 0.05) is 11.1 Å². The zero-order valence-corrected chi connectivity index (χ0v) is 12.2. The quantitative estimate of drug-likeness (QED) is 0.760. The Kier molecular flexibility index (Phi) is 3.71. The monoisotopic (exact) mass is 301 g/mol. The first-order valence-corrected chi connectivity index (χ1v) is 7.01. The molecule has 106 valence electrons. The maximum absolute atomic E-state index is 13.2. The fourth-order valence-electron chi connectivity index (χ4n) is 2.13. The number of fused-ring (bicyclic) bond motifs is 1. The second-order valence-corrected chi connectivity index (χ2v) is 5.09. The maximum Gasteiger partial charge on any atom is 0.141 e. The topological polar surface area (TPSA) is 37.8 Å². The summed E-state index contributed by atoms with van der Waals surface area (Å²) in [5, 5.41) is 4.14. The minimum absolute atomic E-state index is 0.0756.